The smallest absolute Gasteiger partial charge is 0.173 e. The van der Waals surface area contributed by atoms with Crippen LogP contribution < -0.4 is 5.32 Å². The topological polar surface area (TPSA) is 50.7 Å². The van der Waals surface area contributed by atoms with Crippen LogP contribution in [0.1, 0.15) is 23.9 Å². The van der Waals surface area contributed by atoms with Crippen molar-refractivity contribution >= 4 is 28.1 Å². The van der Waals surface area contributed by atoms with E-state index in [2.05, 4.69) is 47.3 Å². The molecule has 0 aliphatic heterocycles. The molecule has 0 unspecified atom stereocenters. The summed E-state index contributed by atoms with van der Waals surface area (Å²) in [7, 11) is 0. The van der Waals surface area contributed by atoms with Crippen molar-refractivity contribution in [3.8, 4) is 10.7 Å². The highest BCUT2D eigenvalue weighted by molar-refractivity contribution is 7.14. The monoisotopic (exact) mass is 298 g/mol. The van der Waals surface area contributed by atoms with E-state index in [1.807, 2.05) is 13.1 Å². The predicted octanol–water partition coefficient (Wildman–Crippen LogP) is 4.19. The molecule has 3 aromatic rings. The highest BCUT2D eigenvalue weighted by Gasteiger charge is 2.11. The van der Waals surface area contributed by atoms with Crippen molar-refractivity contribution in [1.82, 2.24) is 15.0 Å². The van der Waals surface area contributed by atoms with Gasteiger partial charge in [0.1, 0.15) is 5.82 Å². The molecule has 0 saturated heterocycles. The zero-order valence-electron chi connectivity index (χ0n) is 12.5. The summed E-state index contributed by atoms with van der Waals surface area (Å²) in [6.07, 6.45) is 2.91. The van der Waals surface area contributed by atoms with Gasteiger partial charge in [-0.3, -0.25) is 0 Å². The van der Waals surface area contributed by atoms with Crippen molar-refractivity contribution in [3.05, 3.63) is 35.0 Å². The first-order chi connectivity index (χ1) is 10.2. The highest BCUT2D eigenvalue weighted by atomic mass is 32.1. The van der Waals surface area contributed by atoms with Crippen LogP contribution in [-0.2, 0) is 0 Å². The molecule has 0 aliphatic rings. The number of fused-ring (bicyclic) bond motifs is 1. The lowest BCUT2D eigenvalue weighted by atomic mass is 10.1. The average molecular weight is 298 g/mol. The van der Waals surface area contributed by atoms with E-state index in [0.717, 1.165) is 45.4 Å². The second-order valence-corrected chi connectivity index (χ2v) is 6.32. The molecule has 0 bridgehead atoms. The quantitative estimate of drug-likeness (QED) is 0.784. The molecule has 1 aromatic carbocycles. The second kappa shape index (κ2) is 5.77. The van der Waals surface area contributed by atoms with E-state index >= 15 is 0 Å². The highest BCUT2D eigenvalue weighted by Crippen LogP contribution is 2.28. The number of aryl methyl sites for hydroxylation is 2. The molecule has 2 heterocycles. The summed E-state index contributed by atoms with van der Waals surface area (Å²) in [4.78, 5) is 14.7. The fourth-order valence-corrected chi connectivity index (χ4v) is 2.91. The molecule has 0 fully saturated rings. The number of rotatable bonds is 4. The largest absolute Gasteiger partial charge is 0.369 e. The summed E-state index contributed by atoms with van der Waals surface area (Å²) in [5.41, 5.74) is 2.18. The summed E-state index contributed by atoms with van der Waals surface area (Å²) in [5.74, 6) is 1.65. The van der Waals surface area contributed by atoms with Crippen molar-refractivity contribution in [2.45, 2.75) is 27.2 Å². The van der Waals surface area contributed by atoms with E-state index in [-0.39, 0.29) is 0 Å². The van der Waals surface area contributed by atoms with E-state index in [4.69, 9.17) is 4.98 Å². The maximum Gasteiger partial charge on any atom is 0.173 e. The second-order valence-electron chi connectivity index (χ2n) is 5.09. The van der Waals surface area contributed by atoms with Crippen molar-refractivity contribution in [2.75, 3.05) is 11.9 Å². The Bertz CT molecular complexity index is 779. The van der Waals surface area contributed by atoms with Gasteiger partial charge < -0.3 is 5.32 Å². The zero-order valence-corrected chi connectivity index (χ0v) is 13.3. The predicted molar refractivity (Wildman–Crippen MR) is 88.9 cm³/mol. The van der Waals surface area contributed by atoms with Gasteiger partial charge in [-0.05, 0) is 32.4 Å². The van der Waals surface area contributed by atoms with Gasteiger partial charge >= 0.3 is 0 Å². The Morgan fingerprint density at radius 2 is 2.05 bits per heavy atom. The Kier molecular flexibility index (Phi) is 3.84. The number of hydrogen-bond acceptors (Lipinski definition) is 5. The number of hydrogen-bond donors (Lipinski definition) is 1. The van der Waals surface area contributed by atoms with Crippen LogP contribution in [0, 0.1) is 13.8 Å². The molecule has 1 N–H and O–H groups in total. The van der Waals surface area contributed by atoms with Gasteiger partial charge in [0.25, 0.3) is 0 Å². The summed E-state index contributed by atoms with van der Waals surface area (Å²) in [6, 6.07) is 6.27. The van der Waals surface area contributed by atoms with Crippen LogP contribution in [0.3, 0.4) is 0 Å². The van der Waals surface area contributed by atoms with Crippen LogP contribution in [0.4, 0.5) is 5.82 Å². The SMILES string of the molecule is CCCNc1nc(-c2cnc(C)s2)nc2ccc(C)cc12. The van der Waals surface area contributed by atoms with E-state index in [1.54, 1.807) is 11.3 Å². The van der Waals surface area contributed by atoms with Gasteiger partial charge in [-0.25, -0.2) is 15.0 Å². The van der Waals surface area contributed by atoms with Gasteiger partial charge in [-0.2, -0.15) is 0 Å². The molecule has 21 heavy (non-hydrogen) atoms. The standard InChI is InChI=1S/C16H18N4S/c1-4-7-17-15-12-8-10(2)5-6-13(12)19-16(20-15)14-9-18-11(3)21-14/h5-6,8-9H,4,7H2,1-3H3,(H,17,19,20). The van der Waals surface area contributed by atoms with Crippen LogP contribution in [-0.4, -0.2) is 21.5 Å². The molecule has 0 aliphatic carbocycles. The number of thiazole rings is 1. The van der Waals surface area contributed by atoms with Gasteiger partial charge in [0.15, 0.2) is 5.82 Å². The fraction of sp³-hybridized carbons (Fsp3) is 0.312. The lowest BCUT2D eigenvalue weighted by Crippen LogP contribution is -2.04. The lowest BCUT2D eigenvalue weighted by Gasteiger charge is -2.10. The number of aromatic nitrogens is 3. The first-order valence-electron chi connectivity index (χ1n) is 7.12. The Balaban J connectivity index is 2.16. The summed E-state index contributed by atoms with van der Waals surface area (Å²) in [5, 5.41) is 5.52. The van der Waals surface area contributed by atoms with Crippen molar-refractivity contribution in [2.24, 2.45) is 0 Å². The third-order valence-corrected chi connectivity index (χ3v) is 4.14. The van der Waals surface area contributed by atoms with Crippen molar-refractivity contribution in [1.29, 1.82) is 0 Å². The zero-order chi connectivity index (χ0) is 14.8. The van der Waals surface area contributed by atoms with Crippen molar-refractivity contribution < 1.29 is 0 Å². The van der Waals surface area contributed by atoms with Crippen LogP contribution in [0.25, 0.3) is 21.6 Å². The number of benzene rings is 1. The maximum absolute atomic E-state index is 4.71. The Morgan fingerprint density at radius 1 is 1.19 bits per heavy atom. The number of nitrogens with one attached hydrogen (secondary N) is 1. The first kappa shape index (κ1) is 13.9. The van der Waals surface area contributed by atoms with E-state index in [1.165, 1.54) is 5.56 Å². The molecular formula is C16H18N4S. The average Bonchev–Trinajstić information content (AvgIpc) is 2.91. The molecule has 0 saturated carbocycles. The summed E-state index contributed by atoms with van der Waals surface area (Å²) < 4.78 is 0. The Hall–Kier alpha value is -2.01. The van der Waals surface area contributed by atoms with Crippen LogP contribution in [0.2, 0.25) is 0 Å². The number of nitrogens with zero attached hydrogens (tertiary/aromatic N) is 3. The van der Waals surface area contributed by atoms with E-state index in [9.17, 15) is 0 Å². The third-order valence-electron chi connectivity index (χ3n) is 3.24. The summed E-state index contributed by atoms with van der Waals surface area (Å²) >= 11 is 1.62. The van der Waals surface area contributed by atoms with Gasteiger partial charge in [0, 0.05) is 18.1 Å². The molecule has 0 atom stereocenters. The van der Waals surface area contributed by atoms with Crippen LogP contribution in [0.5, 0.6) is 0 Å². The van der Waals surface area contributed by atoms with Crippen molar-refractivity contribution in [3.63, 3.8) is 0 Å². The van der Waals surface area contributed by atoms with Crippen LogP contribution >= 0.6 is 11.3 Å². The summed E-state index contributed by atoms with van der Waals surface area (Å²) in [6.45, 7) is 7.13. The van der Waals surface area contributed by atoms with Gasteiger partial charge in [-0.1, -0.05) is 18.6 Å². The molecule has 0 amide bonds. The fourth-order valence-electron chi connectivity index (χ4n) is 2.20. The van der Waals surface area contributed by atoms with Gasteiger partial charge in [0.05, 0.1) is 15.4 Å². The lowest BCUT2D eigenvalue weighted by molar-refractivity contribution is 0.970. The van der Waals surface area contributed by atoms with E-state index < -0.39 is 0 Å². The molecule has 0 radical (unpaired) electrons. The molecule has 0 spiro atoms. The Morgan fingerprint density at radius 3 is 2.76 bits per heavy atom. The van der Waals surface area contributed by atoms with Gasteiger partial charge in [0.2, 0.25) is 0 Å². The van der Waals surface area contributed by atoms with E-state index in [0.29, 0.717) is 0 Å². The molecule has 4 nitrogen and oxygen atoms in total. The first-order valence-corrected chi connectivity index (χ1v) is 7.94. The molecular weight excluding hydrogens is 280 g/mol. The van der Waals surface area contributed by atoms with Crippen LogP contribution in [0.15, 0.2) is 24.4 Å². The molecule has 3 rings (SSSR count). The normalized spacial score (nSPS) is 11.0. The molecule has 2 aromatic heterocycles. The molecule has 108 valence electrons. The maximum atomic E-state index is 4.71. The third kappa shape index (κ3) is 2.88. The number of anilines is 1. The minimum Gasteiger partial charge on any atom is -0.369 e. The van der Waals surface area contributed by atoms with Gasteiger partial charge in [-0.15, -0.1) is 11.3 Å². The molecule has 5 heteroatoms. The minimum absolute atomic E-state index is 0.746. The Labute approximate surface area is 128 Å². The minimum atomic E-state index is 0.746.